The van der Waals surface area contributed by atoms with Gasteiger partial charge in [0.1, 0.15) is 23.4 Å². The molecule has 2 fully saturated rings. The minimum Gasteiger partial charge on any atom is -0.368 e. The van der Waals surface area contributed by atoms with E-state index in [1.165, 1.54) is 6.07 Å². The molecule has 1 aliphatic carbocycles. The average molecular weight is 452 g/mol. The number of fused-ring (bicyclic) bond motifs is 1. The van der Waals surface area contributed by atoms with E-state index in [1.54, 1.807) is 30.0 Å². The van der Waals surface area contributed by atoms with Crippen molar-refractivity contribution >= 4 is 5.91 Å². The number of hydroxylamine groups is 1. The van der Waals surface area contributed by atoms with Gasteiger partial charge in [0.15, 0.2) is 5.82 Å². The molecule has 1 amide bonds. The summed E-state index contributed by atoms with van der Waals surface area (Å²) < 4.78 is 35.6. The average Bonchev–Trinajstić information content (AvgIpc) is 3.31. The van der Waals surface area contributed by atoms with Crippen molar-refractivity contribution in [3.8, 4) is 22.5 Å². The van der Waals surface area contributed by atoms with Crippen molar-refractivity contribution in [2.75, 3.05) is 0 Å². The molecule has 3 unspecified atom stereocenters. The van der Waals surface area contributed by atoms with Crippen LogP contribution < -0.4 is 5.48 Å². The number of hydrogen-bond donors (Lipinski definition) is 2. The maximum absolute atomic E-state index is 14.6. The molecule has 170 valence electrons. The number of nitrogens with zero attached hydrogens (tertiary/aromatic N) is 3. The van der Waals surface area contributed by atoms with E-state index in [0.29, 0.717) is 29.2 Å². The second-order valence-corrected chi connectivity index (χ2v) is 8.37. The molecule has 1 aromatic carbocycles. The van der Waals surface area contributed by atoms with E-state index in [9.17, 15) is 18.8 Å². The predicted octanol–water partition coefficient (Wildman–Crippen LogP) is 4.62. The maximum atomic E-state index is 14.6. The molecule has 2 N–H and O–H groups in total. The number of aromatic nitrogens is 3. The third-order valence-corrected chi connectivity index (χ3v) is 6.42. The quantitative estimate of drug-likeness (QED) is 0.443. The Morgan fingerprint density at radius 2 is 1.85 bits per heavy atom. The lowest BCUT2D eigenvalue weighted by Crippen LogP contribution is -2.29. The Balaban J connectivity index is 1.74. The molecular formula is C24H22F2N4O3. The van der Waals surface area contributed by atoms with E-state index >= 15 is 0 Å². The summed E-state index contributed by atoms with van der Waals surface area (Å²) in [5.74, 6) is -2.45. The lowest BCUT2D eigenvalue weighted by molar-refractivity contribution is -0.0734. The van der Waals surface area contributed by atoms with Crippen molar-refractivity contribution in [3.63, 3.8) is 0 Å². The van der Waals surface area contributed by atoms with Gasteiger partial charge in [-0.15, -0.1) is 0 Å². The van der Waals surface area contributed by atoms with Gasteiger partial charge in [-0.05, 0) is 49.8 Å². The molecular weight excluding hydrogens is 430 g/mol. The number of carbonyl (C=O) groups excluding carboxylic acids is 1. The van der Waals surface area contributed by atoms with Crippen LogP contribution in [0.15, 0.2) is 42.7 Å². The Hall–Kier alpha value is -3.30. The van der Waals surface area contributed by atoms with Crippen LogP contribution in [0.1, 0.15) is 54.4 Å². The zero-order valence-electron chi connectivity index (χ0n) is 17.7. The molecule has 2 aromatic heterocycles. The van der Waals surface area contributed by atoms with Gasteiger partial charge >= 0.3 is 0 Å². The van der Waals surface area contributed by atoms with Gasteiger partial charge in [-0.3, -0.25) is 15.0 Å². The van der Waals surface area contributed by atoms with Crippen LogP contribution in [0.2, 0.25) is 0 Å². The Labute approximate surface area is 188 Å². The summed E-state index contributed by atoms with van der Waals surface area (Å²) in [6, 6.07) is 6.86. The van der Waals surface area contributed by atoms with E-state index in [-0.39, 0.29) is 17.6 Å². The van der Waals surface area contributed by atoms with Crippen LogP contribution in [-0.2, 0) is 4.74 Å². The van der Waals surface area contributed by atoms with Crippen LogP contribution >= 0.6 is 0 Å². The fraction of sp³-hybridized carbons (Fsp3) is 0.333. The SMILES string of the molecule is O=C(NO)c1nc(-c2c(F)cccc2F)nc(C2CCC3CCCC3O2)c1-c1cccnc1. The molecule has 5 rings (SSSR count). The number of carbonyl (C=O) groups is 1. The summed E-state index contributed by atoms with van der Waals surface area (Å²) in [7, 11) is 0. The van der Waals surface area contributed by atoms with Gasteiger partial charge in [0.25, 0.3) is 5.91 Å². The summed E-state index contributed by atoms with van der Waals surface area (Å²) in [4.78, 5) is 25.5. The number of ether oxygens (including phenoxy) is 1. The van der Waals surface area contributed by atoms with Crippen LogP contribution in [0.4, 0.5) is 8.78 Å². The Bertz CT molecular complexity index is 1170. The smallest absolute Gasteiger partial charge is 0.294 e. The number of rotatable bonds is 4. The van der Waals surface area contributed by atoms with Crippen LogP contribution in [-0.4, -0.2) is 32.2 Å². The molecule has 3 atom stereocenters. The first-order valence-corrected chi connectivity index (χ1v) is 10.9. The number of amides is 1. The van der Waals surface area contributed by atoms with Gasteiger partial charge in [-0.25, -0.2) is 24.2 Å². The first-order chi connectivity index (χ1) is 16.1. The van der Waals surface area contributed by atoms with Gasteiger partial charge in [-0.1, -0.05) is 18.6 Å². The Kier molecular flexibility index (Phi) is 5.82. The van der Waals surface area contributed by atoms with Crippen LogP contribution in [0.3, 0.4) is 0 Å². The highest BCUT2D eigenvalue weighted by Crippen LogP contribution is 2.44. The molecule has 9 heteroatoms. The number of nitrogens with one attached hydrogen (secondary N) is 1. The minimum atomic E-state index is -0.926. The molecule has 0 radical (unpaired) electrons. The fourth-order valence-electron chi connectivity index (χ4n) is 4.90. The van der Waals surface area contributed by atoms with E-state index in [4.69, 9.17) is 4.74 Å². The number of pyridine rings is 1. The topological polar surface area (TPSA) is 97.2 Å². The highest BCUT2D eigenvalue weighted by Gasteiger charge is 2.38. The molecule has 0 bridgehead atoms. The molecule has 33 heavy (non-hydrogen) atoms. The zero-order valence-corrected chi connectivity index (χ0v) is 17.7. The van der Waals surface area contributed by atoms with Crippen LogP contribution in [0, 0.1) is 17.6 Å². The standard InChI is InChI=1S/C24H22F2N4O3/c25-15-6-2-7-16(26)20(15)23-28-21(18-10-9-13-4-1-8-17(13)33-18)19(14-5-3-11-27-12-14)22(29-23)24(31)30-32/h2-3,5-7,11-13,17-18,32H,1,4,8-10H2,(H,30,31). The maximum Gasteiger partial charge on any atom is 0.294 e. The van der Waals surface area contributed by atoms with E-state index < -0.39 is 29.2 Å². The predicted molar refractivity (Wildman–Crippen MR) is 114 cm³/mol. The minimum absolute atomic E-state index is 0.0734. The van der Waals surface area contributed by atoms with Gasteiger partial charge < -0.3 is 4.74 Å². The van der Waals surface area contributed by atoms with Crippen molar-refractivity contribution in [1.82, 2.24) is 20.4 Å². The van der Waals surface area contributed by atoms with E-state index in [2.05, 4.69) is 15.0 Å². The van der Waals surface area contributed by atoms with Gasteiger partial charge in [0, 0.05) is 23.5 Å². The van der Waals surface area contributed by atoms with Crippen molar-refractivity contribution in [1.29, 1.82) is 0 Å². The van der Waals surface area contributed by atoms with Crippen LogP contribution in [0.5, 0.6) is 0 Å². The second-order valence-electron chi connectivity index (χ2n) is 8.37. The van der Waals surface area contributed by atoms with Crippen molar-refractivity contribution < 1.29 is 23.5 Å². The first kappa shape index (κ1) is 21.5. The van der Waals surface area contributed by atoms with Crippen molar-refractivity contribution in [3.05, 3.63) is 65.7 Å². The molecule has 1 saturated heterocycles. The third kappa shape index (κ3) is 3.98. The summed E-state index contributed by atoms with van der Waals surface area (Å²) >= 11 is 0. The molecule has 0 spiro atoms. The normalized spacial score (nSPS) is 22.1. The van der Waals surface area contributed by atoms with Gasteiger partial charge in [0.2, 0.25) is 0 Å². The summed E-state index contributed by atoms with van der Waals surface area (Å²) in [5.41, 5.74) is 2.12. The number of hydrogen-bond acceptors (Lipinski definition) is 6. The molecule has 2 aliphatic rings. The lowest BCUT2D eigenvalue weighted by atomic mass is 9.90. The molecule has 1 aliphatic heterocycles. The summed E-state index contributed by atoms with van der Waals surface area (Å²) in [6.07, 6.45) is 7.41. The van der Waals surface area contributed by atoms with Crippen LogP contribution in [0.25, 0.3) is 22.5 Å². The largest absolute Gasteiger partial charge is 0.368 e. The van der Waals surface area contributed by atoms with Crippen molar-refractivity contribution in [2.45, 2.75) is 44.3 Å². The molecule has 3 heterocycles. The third-order valence-electron chi connectivity index (χ3n) is 6.42. The summed E-state index contributed by atoms with van der Waals surface area (Å²) in [5, 5.41) is 9.40. The second kappa shape index (κ2) is 8.92. The molecule has 7 nitrogen and oxygen atoms in total. The lowest BCUT2D eigenvalue weighted by Gasteiger charge is -2.33. The fourth-order valence-corrected chi connectivity index (χ4v) is 4.90. The van der Waals surface area contributed by atoms with E-state index in [0.717, 1.165) is 37.8 Å². The molecule has 1 saturated carbocycles. The van der Waals surface area contributed by atoms with E-state index in [1.807, 2.05) is 0 Å². The highest BCUT2D eigenvalue weighted by atomic mass is 19.1. The Morgan fingerprint density at radius 1 is 1.03 bits per heavy atom. The van der Waals surface area contributed by atoms with Gasteiger partial charge in [0.05, 0.1) is 17.4 Å². The highest BCUT2D eigenvalue weighted by molar-refractivity contribution is 5.99. The molecule has 3 aromatic rings. The van der Waals surface area contributed by atoms with Gasteiger partial charge in [-0.2, -0.15) is 0 Å². The first-order valence-electron chi connectivity index (χ1n) is 10.9. The monoisotopic (exact) mass is 452 g/mol. The van der Waals surface area contributed by atoms with Crippen molar-refractivity contribution in [2.24, 2.45) is 5.92 Å². The number of benzene rings is 1. The number of halogens is 2. The summed E-state index contributed by atoms with van der Waals surface area (Å²) in [6.45, 7) is 0. The Morgan fingerprint density at radius 3 is 2.58 bits per heavy atom. The zero-order chi connectivity index (χ0) is 22.9.